The lowest BCUT2D eigenvalue weighted by molar-refractivity contribution is -0.145. The van der Waals surface area contributed by atoms with E-state index in [0.29, 0.717) is 11.8 Å². The molecule has 1 aliphatic rings. The summed E-state index contributed by atoms with van der Waals surface area (Å²) in [5, 5.41) is 0. The van der Waals surface area contributed by atoms with Gasteiger partial charge in [0.05, 0.1) is 0 Å². The van der Waals surface area contributed by atoms with Crippen LogP contribution in [-0.2, 0) is 4.79 Å². The highest BCUT2D eigenvalue weighted by molar-refractivity contribution is 5.80. The van der Waals surface area contributed by atoms with Gasteiger partial charge in [0.15, 0.2) is 0 Å². The molecule has 2 heteroatoms. The Morgan fingerprint density at radius 1 is 1.22 bits per heavy atom. The molecule has 18 heavy (non-hydrogen) atoms. The Kier molecular flexibility index (Phi) is 5.68. The van der Waals surface area contributed by atoms with E-state index in [1.807, 2.05) is 0 Å². The molecule has 0 aromatic heterocycles. The highest BCUT2D eigenvalue weighted by Gasteiger charge is 2.37. The average molecular weight is 253 g/mol. The van der Waals surface area contributed by atoms with Gasteiger partial charge in [-0.1, -0.05) is 60.3 Å². The Hall–Kier alpha value is -0.530. The van der Waals surface area contributed by atoms with Gasteiger partial charge >= 0.3 is 0 Å². The molecule has 1 saturated heterocycles. The van der Waals surface area contributed by atoms with E-state index in [-0.39, 0.29) is 11.3 Å². The third-order valence-corrected chi connectivity index (χ3v) is 4.07. The van der Waals surface area contributed by atoms with Crippen molar-refractivity contribution in [2.45, 2.75) is 66.7 Å². The maximum atomic E-state index is 12.5. The summed E-state index contributed by atoms with van der Waals surface area (Å²) in [6.07, 6.45) is 6.09. The second-order valence-corrected chi connectivity index (χ2v) is 7.12. The van der Waals surface area contributed by atoms with Crippen molar-refractivity contribution in [3.63, 3.8) is 0 Å². The zero-order chi connectivity index (χ0) is 13.8. The van der Waals surface area contributed by atoms with Crippen molar-refractivity contribution >= 4 is 5.91 Å². The van der Waals surface area contributed by atoms with Gasteiger partial charge in [0.25, 0.3) is 0 Å². The van der Waals surface area contributed by atoms with E-state index < -0.39 is 0 Å². The maximum absolute atomic E-state index is 12.5. The number of rotatable bonds is 6. The number of nitrogens with zero attached hydrogens (tertiary/aromatic N) is 1. The first-order valence-electron chi connectivity index (χ1n) is 7.65. The van der Waals surface area contributed by atoms with Crippen molar-refractivity contribution in [2.75, 3.05) is 13.1 Å². The number of unbranched alkanes of at least 4 members (excludes halogenated alkanes) is 3. The number of carbonyl (C=O) groups is 1. The molecule has 0 aromatic rings. The van der Waals surface area contributed by atoms with Gasteiger partial charge in [-0.2, -0.15) is 0 Å². The largest absolute Gasteiger partial charge is 0.342 e. The third kappa shape index (κ3) is 4.29. The van der Waals surface area contributed by atoms with Gasteiger partial charge < -0.3 is 4.90 Å². The van der Waals surface area contributed by atoms with Gasteiger partial charge in [0.1, 0.15) is 0 Å². The summed E-state index contributed by atoms with van der Waals surface area (Å²) in [5.74, 6) is 1.31. The number of likely N-dealkylation sites (tertiary alicyclic amines) is 1. The molecule has 106 valence electrons. The van der Waals surface area contributed by atoms with Gasteiger partial charge in [-0.05, 0) is 17.8 Å². The van der Waals surface area contributed by atoms with Crippen LogP contribution in [0.2, 0.25) is 0 Å². The predicted molar refractivity (Wildman–Crippen MR) is 77.4 cm³/mol. The Morgan fingerprint density at radius 3 is 2.28 bits per heavy atom. The Balaban J connectivity index is 2.48. The van der Waals surface area contributed by atoms with Gasteiger partial charge in [-0.25, -0.2) is 0 Å². The molecule has 0 bridgehead atoms. The smallest absolute Gasteiger partial charge is 0.226 e. The minimum atomic E-state index is 0.0993. The Bertz CT molecular complexity index is 261. The van der Waals surface area contributed by atoms with Crippen molar-refractivity contribution in [2.24, 2.45) is 17.3 Å². The second kappa shape index (κ2) is 6.58. The van der Waals surface area contributed by atoms with Crippen LogP contribution >= 0.6 is 0 Å². The maximum Gasteiger partial charge on any atom is 0.226 e. The fourth-order valence-corrected chi connectivity index (χ4v) is 2.80. The lowest BCUT2D eigenvalue weighted by atomic mass is 9.76. The summed E-state index contributed by atoms with van der Waals surface area (Å²) >= 11 is 0. The summed E-state index contributed by atoms with van der Waals surface area (Å²) in [7, 11) is 0. The molecular weight excluding hydrogens is 222 g/mol. The van der Waals surface area contributed by atoms with Gasteiger partial charge in [-0.3, -0.25) is 4.79 Å². The highest BCUT2D eigenvalue weighted by atomic mass is 16.2. The van der Waals surface area contributed by atoms with Crippen LogP contribution in [0.5, 0.6) is 0 Å². The van der Waals surface area contributed by atoms with Crippen molar-refractivity contribution in [3.05, 3.63) is 0 Å². The van der Waals surface area contributed by atoms with Crippen LogP contribution in [0.4, 0.5) is 0 Å². The van der Waals surface area contributed by atoms with Crippen LogP contribution < -0.4 is 0 Å². The molecule has 1 atom stereocenters. The average Bonchev–Trinajstić information content (AvgIpc) is 2.22. The van der Waals surface area contributed by atoms with E-state index in [9.17, 15) is 4.79 Å². The number of hydrogen-bond acceptors (Lipinski definition) is 1. The van der Waals surface area contributed by atoms with Crippen molar-refractivity contribution in [1.82, 2.24) is 4.90 Å². The molecule has 0 aliphatic carbocycles. The minimum Gasteiger partial charge on any atom is -0.342 e. The molecule has 1 amide bonds. The van der Waals surface area contributed by atoms with E-state index in [2.05, 4.69) is 39.5 Å². The SMILES string of the molecule is CCCCCCC(C(=O)N1CC(C)C1)C(C)(C)C. The lowest BCUT2D eigenvalue weighted by Crippen LogP contribution is -2.52. The van der Waals surface area contributed by atoms with Crippen molar-refractivity contribution < 1.29 is 4.79 Å². The minimum absolute atomic E-state index is 0.0993. The Morgan fingerprint density at radius 2 is 1.83 bits per heavy atom. The first-order valence-corrected chi connectivity index (χ1v) is 7.65. The highest BCUT2D eigenvalue weighted by Crippen LogP contribution is 2.33. The fraction of sp³-hybridized carbons (Fsp3) is 0.938. The Labute approximate surface area is 113 Å². The molecule has 0 aromatic carbocycles. The molecule has 1 heterocycles. The fourth-order valence-electron chi connectivity index (χ4n) is 2.80. The molecule has 2 nitrogen and oxygen atoms in total. The van der Waals surface area contributed by atoms with Crippen LogP contribution in [0.3, 0.4) is 0 Å². The van der Waals surface area contributed by atoms with Crippen LogP contribution in [0, 0.1) is 17.3 Å². The molecule has 0 radical (unpaired) electrons. The number of amides is 1. The third-order valence-electron chi connectivity index (χ3n) is 4.07. The number of carbonyl (C=O) groups excluding carboxylic acids is 1. The molecule has 1 unspecified atom stereocenters. The standard InChI is InChI=1S/C16H31NO/c1-6-7-8-9-10-14(16(3,4)5)15(18)17-11-13(2)12-17/h13-14H,6-12H2,1-5H3. The molecule has 1 rings (SSSR count). The zero-order valence-electron chi connectivity index (χ0n) is 13.0. The quantitative estimate of drug-likeness (QED) is 0.653. The second-order valence-electron chi connectivity index (χ2n) is 7.12. The van der Waals surface area contributed by atoms with Gasteiger partial charge in [0.2, 0.25) is 5.91 Å². The normalized spacial score (nSPS) is 18.6. The van der Waals surface area contributed by atoms with Crippen molar-refractivity contribution in [3.8, 4) is 0 Å². The number of hydrogen-bond donors (Lipinski definition) is 0. The zero-order valence-corrected chi connectivity index (χ0v) is 13.0. The predicted octanol–water partition coefficient (Wildman–Crippen LogP) is 4.10. The summed E-state index contributed by atoms with van der Waals surface area (Å²) in [6.45, 7) is 13.0. The van der Waals surface area contributed by atoms with Gasteiger partial charge in [0, 0.05) is 19.0 Å². The first kappa shape index (κ1) is 15.5. The molecule has 1 aliphatic heterocycles. The lowest BCUT2D eigenvalue weighted by Gasteiger charge is -2.42. The monoisotopic (exact) mass is 253 g/mol. The van der Waals surface area contributed by atoms with Gasteiger partial charge in [-0.15, -0.1) is 0 Å². The molecule has 0 spiro atoms. The summed E-state index contributed by atoms with van der Waals surface area (Å²) in [5.41, 5.74) is 0.0993. The van der Waals surface area contributed by atoms with E-state index >= 15 is 0 Å². The van der Waals surface area contributed by atoms with Crippen LogP contribution in [0.25, 0.3) is 0 Å². The summed E-state index contributed by atoms with van der Waals surface area (Å²) < 4.78 is 0. The topological polar surface area (TPSA) is 20.3 Å². The van der Waals surface area contributed by atoms with E-state index in [1.54, 1.807) is 0 Å². The molecule has 1 fully saturated rings. The van der Waals surface area contributed by atoms with Crippen LogP contribution in [0.1, 0.15) is 66.7 Å². The van der Waals surface area contributed by atoms with Crippen LogP contribution in [-0.4, -0.2) is 23.9 Å². The van der Waals surface area contributed by atoms with E-state index in [1.165, 1.54) is 25.7 Å². The van der Waals surface area contributed by atoms with Crippen LogP contribution in [0.15, 0.2) is 0 Å². The van der Waals surface area contributed by atoms with Crippen molar-refractivity contribution in [1.29, 1.82) is 0 Å². The van der Waals surface area contributed by atoms with E-state index in [0.717, 1.165) is 19.5 Å². The first-order chi connectivity index (χ1) is 8.36. The molecule has 0 N–H and O–H groups in total. The van der Waals surface area contributed by atoms with E-state index in [4.69, 9.17) is 0 Å². The summed E-state index contributed by atoms with van der Waals surface area (Å²) in [6, 6.07) is 0. The summed E-state index contributed by atoms with van der Waals surface area (Å²) in [4.78, 5) is 14.6. The molecule has 0 saturated carbocycles. The molecular formula is C16H31NO.